The van der Waals surface area contributed by atoms with E-state index in [0.29, 0.717) is 19.7 Å². The molecule has 0 aromatic heterocycles. The molecule has 1 fully saturated rings. The molecule has 1 N–H and O–H groups in total. The summed E-state index contributed by atoms with van der Waals surface area (Å²) in [5.74, 6) is 0.0968. The molecule has 38 heavy (non-hydrogen) atoms. The minimum Gasteiger partial charge on any atom is -0.449 e. The molecule has 220 valence electrons. The van der Waals surface area contributed by atoms with Crippen molar-refractivity contribution in [1.29, 1.82) is 0 Å². The second-order valence-corrected chi connectivity index (χ2v) is 11.8. The summed E-state index contributed by atoms with van der Waals surface area (Å²) in [5, 5.41) is 3.16. The number of ether oxygens (including phenoxy) is 1. The zero-order chi connectivity index (χ0) is 27.3. The van der Waals surface area contributed by atoms with Gasteiger partial charge in [-0.3, -0.25) is 4.79 Å². The van der Waals surface area contributed by atoms with Crippen molar-refractivity contribution in [1.82, 2.24) is 15.1 Å². The molecule has 0 saturated carbocycles. The molecular weight excluding hydrogens is 474 g/mol. The number of hydrogen-bond acceptors (Lipinski definition) is 4. The molecule has 6 nitrogen and oxygen atoms in total. The average Bonchev–Trinajstić information content (AvgIpc) is 2.93. The van der Waals surface area contributed by atoms with E-state index in [1.54, 1.807) is 4.90 Å². The lowest BCUT2D eigenvalue weighted by Crippen LogP contribution is -2.47. The first-order valence-corrected chi connectivity index (χ1v) is 16.1. The molecule has 2 atom stereocenters. The number of carbonyl (C=O) groups is 2. The zero-order valence-corrected chi connectivity index (χ0v) is 24.9. The van der Waals surface area contributed by atoms with Crippen molar-refractivity contribution in [2.24, 2.45) is 11.8 Å². The Kier molecular flexibility index (Phi) is 18.3. The number of piperazine rings is 1. The molecule has 0 aromatic rings. The van der Waals surface area contributed by atoms with Crippen LogP contribution in [-0.2, 0) is 9.53 Å². The Hall–Kier alpha value is -1.56. The molecule has 2 amide bonds. The lowest BCUT2D eigenvalue weighted by atomic mass is 9.83. The summed E-state index contributed by atoms with van der Waals surface area (Å²) in [6, 6.07) is 0. The van der Waals surface area contributed by atoms with E-state index in [9.17, 15) is 9.59 Å². The van der Waals surface area contributed by atoms with E-state index in [2.05, 4.69) is 36.3 Å². The summed E-state index contributed by atoms with van der Waals surface area (Å²) in [5.41, 5.74) is 0. The van der Waals surface area contributed by atoms with Crippen molar-refractivity contribution >= 4 is 12.0 Å². The number of allylic oxidation sites excluding steroid dienone is 2. The molecule has 2 unspecified atom stereocenters. The number of rotatable bonds is 20. The summed E-state index contributed by atoms with van der Waals surface area (Å²) < 4.78 is 5.63. The van der Waals surface area contributed by atoms with Crippen LogP contribution in [0.1, 0.15) is 122 Å². The average molecular weight is 534 g/mol. The van der Waals surface area contributed by atoms with Crippen LogP contribution < -0.4 is 5.32 Å². The molecule has 0 bridgehead atoms. The normalized spacial score (nSPS) is 20.0. The SMILES string of the molecule is CCCCCCCCCCCCCCCCCCNC(=O)C1CC=CCC1COC(=O)N1CCN(C)CC1. The van der Waals surface area contributed by atoms with Crippen LogP contribution in [0.25, 0.3) is 0 Å². The van der Waals surface area contributed by atoms with Crippen molar-refractivity contribution in [3.63, 3.8) is 0 Å². The Balaban J connectivity index is 1.43. The number of unbranched alkanes of at least 4 members (excludes halogenated alkanes) is 15. The summed E-state index contributed by atoms with van der Waals surface area (Å²) in [7, 11) is 2.07. The Morgan fingerprint density at radius 1 is 0.737 bits per heavy atom. The summed E-state index contributed by atoms with van der Waals surface area (Å²) in [6.45, 7) is 6.55. The fourth-order valence-corrected chi connectivity index (χ4v) is 5.65. The number of amides is 2. The molecule has 1 heterocycles. The Labute approximate surface area is 234 Å². The van der Waals surface area contributed by atoms with Gasteiger partial charge in [0.25, 0.3) is 0 Å². The van der Waals surface area contributed by atoms with E-state index in [1.807, 2.05) is 0 Å². The van der Waals surface area contributed by atoms with Crippen LogP contribution in [0.2, 0.25) is 0 Å². The van der Waals surface area contributed by atoms with E-state index < -0.39 is 0 Å². The van der Waals surface area contributed by atoms with Gasteiger partial charge < -0.3 is 19.9 Å². The third-order valence-corrected chi connectivity index (χ3v) is 8.41. The predicted molar refractivity (Wildman–Crippen MR) is 158 cm³/mol. The standard InChI is InChI=1S/C32H59N3O3/c1-3-4-5-6-7-8-9-10-11-12-13-14-15-16-17-20-23-33-31(36)30-22-19-18-21-29(30)28-38-32(37)35-26-24-34(2)25-27-35/h18-19,29-30H,3-17,20-28H2,1-2H3,(H,33,36). The third-order valence-electron chi connectivity index (χ3n) is 8.41. The number of hydrogen-bond donors (Lipinski definition) is 1. The molecule has 0 aromatic carbocycles. The van der Waals surface area contributed by atoms with Gasteiger partial charge in [-0.2, -0.15) is 0 Å². The van der Waals surface area contributed by atoms with Crippen LogP contribution in [0, 0.1) is 11.8 Å². The van der Waals surface area contributed by atoms with Gasteiger partial charge in [-0.1, -0.05) is 115 Å². The van der Waals surface area contributed by atoms with Crippen LogP contribution in [0.3, 0.4) is 0 Å². The number of likely N-dealkylation sites (N-methyl/N-ethyl adjacent to an activating group) is 1. The first kappa shape index (κ1) is 32.7. The highest BCUT2D eigenvalue weighted by Gasteiger charge is 2.30. The van der Waals surface area contributed by atoms with Crippen molar-refractivity contribution < 1.29 is 14.3 Å². The Bertz CT molecular complexity index is 646. The maximum Gasteiger partial charge on any atom is 0.409 e. The fourth-order valence-electron chi connectivity index (χ4n) is 5.65. The monoisotopic (exact) mass is 533 g/mol. The lowest BCUT2D eigenvalue weighted by Gasteiger charge is -2.33. The molecule has 2 rings (SSSR count). The maximum atomic E-state index is 12.8. The summed E-state index contributed by atoms with van der Waals surface area (Å²) >= 11 is 0. The predicted octanol–water partition coefficient (Wildman–Crippen LogP) is 7.33. The maximum absolute atomic E-state index is 12.8. The van der Waals surface area contributed by atoms with Crippen LogP contribution in [0.15, 0.2) is 12.2 Å². The Morgan fingerprint density at radius 2 is 1.24 bits per heavy atom. The van der Waals surface area contributed by atoms with Gasteiger partial charge in [0.05, 0.1) is 6.61 Å². The second kappa shape index (κ2) is 21.3. The van der Waals surface area contributed by atoms with Crippen LogP contribution in [-0.4, -0.2) is 68.2 Å². The molecule has 0 radical (unpaired) electrons. The van der Waals surface area contributed by atoms with Gasteiger partial charge in [-0.25, -0.2) is 4.79 Å². The van der Waals surface area contributed by atoms with Crippen molar-refractivity contribution in [3.05, 3.63) is 12.2 Å². The molecule has 1 aliphatic heterocycles. The van der Waals surface area contributed by atoms with Gasteiger partial charge in [0.15, 0.2) is 0 Å². The van der Waals surface area contributed by atoms with Gasteiger partial charge in [0.2, 0.25) is 5.91 Å². The smallest absolute Gasteiger partial charge is 0.409 e. The van der Waals surface area contributed by atoms with Gasteiger partial charge >= 0.3 is 6.09 Å². The molecule has 1 saturated heterocycles. The second-order valence-electron chi connectivity index (χ2n) is 11.8. The summed E-state index contributed by atoms with van der Waals surface area (Å²) in [4.78, 5) is 29.3. The highest BCUT2D eigenvalue weighted by molar-refractivity contribution is 5.79. The van der Waals surface area contributed by atoms with E-state index >= 15 is 0 Å². The lowest BCUT2D eigenvalue weighted by molar-refractivity contribution is -0.127. The van der Waals surface area contributed by atoms with Crippen molar-refractivity contribution in [2.45, 2.75) is 122 Å². The number of nitrogens with one attached hydrogen (secondary N) is 1. The molecule has 2 aliphatic rings. The minimum atomic E-state index is -0.236. The minimum absolute atomic E-state index is 0.0715. The van der Waals surface area contributed by atoms with Gasteiger partial charge in [0.1, 0.15) is 0 Å². The van der Waals surface area contributed by atoms with Gasteiger partial charge in [-0.15, -0.1) is 0 Å². The largest absolute Gasteiger partial charge is 0.449 e. The van der Waals surface area contributed by atoms with E-state index in [1.165, 1.54) is 96.3 Å². The van der Waals surface area contributed by atoms with Crippen LogP contribution in [0.4, 0.5) is 4.79 Å². The van der Waals surface area contributed by atoms with Crippen molar-refractivity contribution in [2.75, 3.05) is 46.4 Å². The van der Waals surface area contributed by atoms with Crippen LogP contribution >= 0.6 is 0 Å². The van der Waals surface area contributed by atoms with Crippen molar-refractivity contribution in [3.8, 4) is 0 Å². The first-order chi connectivity index (χ1) is 18.6. The molecule has 1 aliphatic carbocycles. The topological polar surface area (TPSA) is 61.9 Å². The Morgan fingerprint density at radius 3 is 1.79 bits per heavy atom. The quantitative estimate of drug-likeness (QED) is 0.131. The number of carbonyl (C=O) groups excluding carboxylic acids is 2. The summed E-state index contributed by atoms with van der Waals surface area (Å²) in [6.07, 6.45) is 27.2. The highest BCUT2D eigenvalue weighted by atomic mass is 16.6. The van der Waals surface area contributed by atoms with E-state index in [0.717, 1.165) is 38.9 Å². The fraction of sp³-hybridized carbons (Fsp3) is 0.875. The molecule has 0 spiro atoms. The van der Waals surface area contributed by atoms with Gasteiger partial charge in [-0.05, 0) is 26.3 Å². The van der Waals surface area contributed by atoms with Crippen LogP contribution in [0.5, 0.6) is 0 Å². The first-order valence-electron chi connectivity index (χ1n) is 16.1. The zero-order valence-electron chi connectivity index (χ0n) is 24.9. The van der Waals surface area contributed by atoms with Gasteiger partial charge in [0, 0.05) is 44.6 Å². The number of nitrogens with zero attached hydrogens (tertiary/aromatic N) is 2. The van der Waals surface area contributed by atoms with E-state index in [4.69, 9.17) is 4.74 Å². The highest BCUT2D eigenvalue weighted by Crippen LogP contribution is 2.26. The third kappa shape index (κ3) is 14.6. The molecular formula is C32H59N3O3. The van der Waals surface area contributed by atoms with E-state index in [-0.39, 0.29) is 23.8 Å². The molecule has 6 heteroatoms.